The van der Waals surface area contributed by atoms with Crippen LogP contribution in [0, 0.1) is 10.1 Å². The number of nitro benzene ring substituents is 1. The molecule has 0 aliphatic carbocycles. The second kappa shape index (κ2) is 8.88. The van der Waals surface area contributed by atoms with E-state index < -0.39 is 24.7 Å². The molecule has 0 amide bonds. The van der Waals surface area contributed by atoms with E-state index in [1.165, 1.54) is 43.0 Å². The van der Waals surface area contributed by atoms with Crippen LogP contribution in [0.2, 0.25) is 0 Å². The number of carboxylic acid groups (broad SMARTS) is 1. The monoisotopic (exact) mass is 364 g/mol. The van der Waals surface area contributed by atoms with Gasteiger partial charge in [0.15, 0.2) is 0 Å². The number of hydrogen-bond donors (Lipinski definition) is 2. The van der Waals surface area contributed by atoms with Gasteiger partial charge in [-0.1, -0.05) is 0 Å². The molecule has 0 saturated carbocycles. The molecule has 0 fully saturated rings. The lowest BCUT2D eigenvalue weighted by Gasteiger charge is -2.21. The second-order valence-electron chi connectivity index (χ2n) is 4.35. The third-order valence-corrected chi connectivity index (χ3v) is 4.80. The number of thioether (sulfide) groups is 1. The molecule has 0 radical (unpaired) electrons. The lowest BCUT2D eigenvalue weighted by Crippen LogP contribution is -2.33. The zero-order valence-electron chi connectivity index (χ0n) is 12.5. The van der Waals surface area contributed by atoms with Crippen LogP contribution in [-0.4, -0.2) is 40.7 Å². The van der Waals surface area contributed by atoms with Gasteiger partial charge in [-0.3, -0.25) is 19.4 Å². The van der Waals surface area contributed by atoms with E-state index in [1.807, 2.05) is 6.26 Å². The minimum atomic E-state index is -3.93. The van der Waals surface area contributed by atoms with Crippen LogP contribution < -0.4 is 9.61 Å². The number of hydrogen-bond acceptors (Lipinski definition) is 7. The maximum atomic E-state index is 12.6. The number of rotatable bonds is 10. The first-order chi connectivity index (χ1) is 10.8. The molecule has 1 aromatic carbocycles. The summed E-state index contributed by atoms with van der Waals surface area (Å²) in [5.74, 6) is -0.615. The van der Waals surface area contributed by atoms with Gasteiger partial charge in [-0.25, -0.2) is 4.57 Å². The van der Waals surface area contributed by atoms with Gasteiger partial charge in [-0.05, 0) is 25.3 Å². The number of nitro groups is 1. The van der Waals surface area contributed by atoms with Gasteiger partial charge < -0.3 is 9.63 Å². The summed E-state index contributed by atoms with van der Waals surface area (Å²) in [5, 5.41) is 21.8. The third kappa shape index (κ3) is 6.57. The van der Waals surface area contributed by atoms with E-state index in [-0.39, 0.29) is 18.0 Å². The van der Waals surface area contributed by atoms with Crippen LogP contribution >= 0.6 is 19.5 Å². The van der Waals surface area contributed by atoms with Gasteiger partial charge in [0.05, 0.1) is 11.5 Å². The normalized spacial score (nSPS) is 14.7. The van der Waals surface area contributed by atoms with E-state index in [4.69, 9.17) is 14.2 Å². The summed E-state index contributed by atoms with van der Waals surface area (Å²) >= 11 is 1.46. The maximum Gasteiger partial charge on any atom is 0.459 e. The van der Waals surface area contributed by atoms with Gasteiger partial charge in [-0.15, -0.1) is 0 Å². The lowest BCUT2D eigenvalue weighted by atomic mass is 10.3. The van der Waals surface area contributed by atoms with Crippen molar-refractivity contribution in [3.63, 3.8) is 0 Å². The van der Waals surface area contributed by atoms with Crippen molar-refractivity contribution in [2.24, 2.45) is 0 Å². The van der Waals surface area contributed by atoms with Gasteiger partial charge in [0.25, 0.3) is 5.69 Å². The Bertz CT molecular complexity index is 596. The first-order valence-electron chi connectivity index (χ1n) is 6.45. The number of aliphatic carboxylic acids is 1. The van der Waals surface area contributed by atoms with Crippen molar-refractivity contribution in [2.75, 3.05) is 18.6 Å². The largest absolute Gasteiger partial charge is 0.480 e. The molecular formula is C12H17N2O7PS. The summed E-state index contributed by atoms with van der Waals surface area (Å²) in [6, 6.07) is 3.73. The Morgan fingerprint density at radius 1 is 1.48 bits per heavy atom. The number of nitrogens with one attached hydrogen (secondary N) is 1. The summed E-state index contributed by atoms with van der Waals surface area (Å²) in [5.41, 5.74) is -0.151. The van der Waals surface area contributed by atoms with Crippen LogP contribution in [0.15, 0.2) is 24.3 Å². The summed E-state index contributed by atoms with van der Waals surface area (Å²) in [7, 11) is -3.93. The van der Waals surface area contributed by atoms with Crippen molar-refractivity contribution in [3.8, 4) is 5.75 Å². The first-order valence-corrected chi connectivity index (χ1v) is 9.39. The molecule has 128 valence electrons. The van der Waals surface area contributed by atoms with Crippen molar-refractivity contribution in [2.45, 2.75) is 13.0 Å². The zero-order valence-corrected chi connectivity index (χ0v) is 14.2. The molecule has 0 aliphatic rings. The molecule has 0 saturated heterocycles. The van der Waals surface area contributed by atoms with E-state index in [9.17, 15) is 19.5 Å². The average Bonchev–Trinajstić information content (AvgIpc) is 2.47. The fourth-order valence-corrected chi connectivity index (χ4v) is 3.26. The topological polar surface area (TPSA) is 128 Å². The van der Waals surface area contributed by atoms with Gasteiger partial charge in [0.2, 0.25) is 0 Å². The molecule has 2 N–H and O–H groups in total. The van der Waals surface area contributed by atoms with Gasteiger partial charge in [-0.2, -0.15) is 16.8 Å². The highest BCUT2D eigenvalue weighted by molar-refractivity contribution is 7.98. The average molecular weight is 364 g/mol. The van der Waals surface area contributed by atoms with E-state index in [0.717, 1.165) is 0 Å². The quantitative estimate of drug-likeness (QED) is 0.278. The molecule has 0 aromatic heterocycles. The number of carboxylic acids is 1. The molecule has 1 aromatic rings. The van der Waals surface area contributed by atoms with Gasteiger partial charge in [0.1, 0.15) is 11.8 Å². The highest BCUT2D eigenvalue weighted by Gasteiger charge is 2.31. The molecule has 0 bridgehead atoms. The Hall–Kier alpha value is -1.61. The Balaban J connectivity index is 2.88. The summed E-state index contributed by atoms with van der Waals surface area (Å²) in [6.07, 6.45) is 1.83. The summed E-state index contributed by atoms with van der Waals surface area (Å²) < 4.78 is 23.0. The fraction of sp³-hybridized carbons (Fsp3) is 0.417. The van der Waals surface area contributed by atoms with Crippen LogP contribution in [0.25, 0.3) is 0 Å². The lowest BCUT2D eigenvalue weighted by molar-refractivity contribution is -0.384. The van der Waals surface area contributed by atoms with Crippen LogP contribution in [-0.2, 0) is 13.9 Å². The van der Waals surface area contributed by atoms with Crippen molar-refractivity contribution in [1.82, 2.24) is 5.09 Å². The molecule has 0 aliphatic heterocycles. The molecule has 1 unspecified atom stereocenters. The molecule has 11 heteroatoms. The molecular weight excluding hydrogens is 347 g/mol. The first kappa shape index (κ1) is 19.4. The standard InChI is InChI=1S/C12H17N2O7PS/c1-9(12(15)16)13-22(19,20-7-8-23-2)21-11-5-3-10(4-6-11)14(17)18/h3-6,9H,7-8H2,1-2H3,(H,13,19)(H,15,16)/t9-,22?/m0/s1. The fourth-order valence-electron chi connectivity index (χ4n) is 1.39. The summed E-state index contributed by atoms with van der Waals surface area (Å²) in [4.78, 5) is 20.9. The Morgan fingerprint density at radius 2 is 2.09 bits per heavy atom. The Kier molecular flexibility index (Phi) is 7.50. The smallest absolute Gasteiger partial charge is 0.459 e. The van der Waals surface area contributed by atoms with Crippen molar-refractivity contribution >= 4 is 31.2 Å². The van der Waals surface area contributed by atoms with Crippen LogP contribution in [0.3, 0.4) is 0 Å². The number of carbonyl (C=O) groups is 1. The SMILES string of the molecule is CSCCOP(=O)(N[C@@H](C)C(=O)O)Oc1ccc([N+](=O)[O-])cc1. The summed E-state index contributed by atoms with van der Waals surface area (Å²) in [6.45, 7) is 1.39. The van der Waals surface area contributed by atoms with Crippen LogP contribution in [0.5, 0.6) is 5.75 Å². The second-order valence-corrected chi connectivity index (χ2v) is 7.03. The highest BCUT2D eigenvalue weighted by Crippen LogP contribution is 2.45. The molecule has 0 spiro atoms. The van der Waals surface area contributed by atoms with E-state index >= 15 is 0 Å². The minimum Gasteiger partial charge on any atom is -0.480 e. The predicted molar refractivity (Wildman–Crippen MR) is 85.9 cm³/mol. The number of benzene rings is 1. The van der Waals surface area contributed by atoms with E-state index in [0.29, 0.717) is 5.75 Å². The zero-order chi connectivity index (χ0) is 17.5. The third-order valence-electron chi connectivity index (χ3n) is 2.54. The molecule has 0 heterocycles. The Morgan fingerprint density at radius 3 is 2.57 bits per heavy atom. The van der Waals surface area contributed by atoms with E-state index in [2.05, 4.69) is 5.09 Å². The number of nitrogens with zero attached hydrogens (tertiary/aromatic N) is 1. The highest BCUT2D eigenvalue weighted by atomic mass is 32.2. The molecule has 23 heavy (non-hydrogen) atoms. The van der Waals surface area contributed by atoms with Gasteiger partial charge in [0, 0.05) is 17.9 Å². The van der Waals surface area contributed by atoms with Crippen molar-refractivity contribution in [3.05, 3.63) is 34.4 Å². The predicted octanol–water partition coefficient (Wildman–Crippen LogP) is 2.52. The Labute approximate surface area is 137 Å². The maximum absolute atomic E-state index is 12.6. The number of non-ortho nitro benzene ring substituents is 1. The minimum absolute atomic E-state index is 0.0631. The van der Waals surface area contributed by atoms with E-state index in [1.54, 1.807) is 0 Å². The van der Waals surface area contributed by atoms with Crippen LogP contribution in [0.4, 0.5) is 5.69 Å². The molecule has 9 nitrogen and oxygen atoms in total. The van der Waals surface area contributed by atoms with Gasteiger partial charge >= 0.3 is 13.7 Å². The van der Waals surface area contributed by atoms with Crippen LogP contribution in [0.1, 0.15) is 6.92 Å². The molecule has 2 atom stereocenters. The van der Waals surface area contributed by atoms with Crippen molar-refractivity contribution < 1.29 is 28.4 Å². The molecule has 1 rings (SSSR count). The van der Waals surface area contributed by atoms with Crippen molar-refractivity contribution in [1.29, 1.82) is 0 Å².